The number of benzene rings is 2. The fourth-order valence-corrected chi connectivity index (χ4v) is 2.29. The summed E-state index contributed by atoms with van der Waals surface area (Å²) in [6, 6.07) is 7.87. The van der Waals surface area contributed by atoms with Gasteiger partial charge in [0.25, 0.3) is 5.91 Å². The van der Waals surface area contributed by atoms with Crippen LogP contribution in [0.3, 0.4) is 0 Å². The van der Waals surface area contributed by atoms with E-state index in [2.05, 4.69) is 10.6 Å². The van der Waals surface area contributed by atoms with Crippen LogP contribution in [0.5, 0.6) is 5.75 Å². The normalized spacial score (nSPS) is 11.7. The highest BCUT2D eigenvalue weighted by atomic mass is 19.4. The minimum atomic E-state index is -4.76. The standard InChI is InChI=1S/C19H18F4N2O3/c1-11(26)24-13-6-9-16(15(10-13)19(21,22)23)25-17(27)18(2,3)28-14-7-4-12(20)5-8-14/h4-10H,1-3H3,(H,24,26)(H,25,27). The first-order valence-corrected chi connectivity index (χ1v) is 8.13. The molecule has 0 heterocycles. The van der Waals surface area contributed by atoms with Crippen molar-refractivity contribution in [3.8, 4) is 5.75 Å². The second-order valence-electron chi connectivity index (χ2n) is 6.46. The van der Waals surface area contributed by atoms with Crippen LogP contribution in [0.2, 0.25) is 0 Å². The van der Waals surface area contributed by atoms with E-state index in [0.717, 1.165) is 31.2 Å². The van der Waals surface area contributed by atoms with Gasteiger partial charge in [-0.15, -0.1) is 0 Å². The Bertz CT molecular complexity index is 878. The van der Waals surface area contributed by atoms with Crippen LogP contribution in [0.25, 0.3) is 0 Å². The Balaban J connectivity index is 2.26. The molecule has 150 valence electrons. The van der Waals surface area contributed by atoms with Gasteiger partial charge in [-0.05, 0) is 56.3 Å². The van der Waals surface area contributed by atoms with E-state index < -0.39 is 40.7 Å². The largest absolute Gasteiger partial charge is 0.478 e. The number of halogens is 4. The molecule has 2 amide bonds. The number of hydrogen-bond acceptors (Lipinski definition) is 3. The lowest BCUT2D eigenvalue weighted by Gasteiger charge is -2.26. The van der Waals surface area contributed by atoms with Crippen molar-refractivity contribution in [3.05, 3.63) is 53.8 Å². The molecule has 2 N–H and O–H groups in total. The van der Waals surface area contributed by atoms with Gasteiger partial charge >= 0.3 is 6.18 Å². The van der Waals surface area contributed by atoms with E-state index in [1.54, 1.807) is 0 Å². The maximum atomic E-state index is 13.4. The van der Waals surface area contributed by atoms with Gasteiger partial charge in [0.05, 0.1) is 11.3 Å². The molecule has 0 bridgehead atoms. The van der Waals surface area contributed by atoms with Crippen LogP contribution in [-0.4, -0.2) is 17.4 Å². The molecular formula is C19H18F4N2O3. The Morgan fingerprint density at radius 3 is 2.11 bits per heavy atom. The third-order valence-electron chi connectivity index (χ3n) is 3.63. The molecule has 0 aliphatic heterocycles. The molecule has 0 unspecified atom stereocenters. The zero-order valence-corrected chi connectivity index (χ0v) is 15.3. The van der Waals surface area contributed by atoms with Gasteiger partial charge < -0.3 is 15.4 Å². The third kappa shape index (κ3) is 5.45. The van der Waals surface area contributed by atoms with Crippen molar-refractivity contribution in [3.63, 3.8) is 0 Å². The first kappa shape index (κ1) is 21.2. The summed E-state index contributed by atoms with van der Waals surface area (Å²) < 4.78 is 58.5. The molecule has 0 aromatic heterocycles. The van der Waals surface area contributed by atoms with Gasteiger partial charge in [0.1, 0.15) is 11.6 Å². The lowest BCUT2D eigenvalue weighted by molar-refractivity contribution is -0.137. The van der Waals surface area contributed by atoms with Gasteiger partial charge in [0.2, 0.25) is 5.91 Å². The maximum absolute atomic E-state index is 13.4. The number of carbonyl (C=O) groups excluding carboxylic acids is 2. The van der Waals surface area contributed by atoms with Crippen LogP contribution in [0, 0.1) is 5.82 Å². The average molecular weight is 398 g/mol. The smallest absolute Gasteiger partial charge is 0.418 e. The van der Waals surface area contributed by atoms with E-state index in [-0.39, 0.29) is 11.4 Å². The number of alkyl halides is 3. The van der Waals surface area contributed by atoms with Crippen LogP contribution < -0.4 is 15.4 Å². The highest BCUT2D eigenvalue weighted by Gasteiger charge is 2.36. The summed E-state index contributed by atoms with van der Waals surface area (Å²) in [6.45, 7) is 3.90. The number of amides is 2. The van der Waals surface area contributed by atoms with Gasteiger partial charge in [-0.3, -0.25) is 9.59 Å². The van der Waals surface area contributed by atoms with Crippen LogP contribution in [-0.2, 0) is 15.8 Å². The molecule has 0 saturated carbocycles. The van der Waals surface area contributed by atoms with Crippen molar-refractivity contribution < 1.29 is 31.9 Å². The number of ether oxygens (including phenoxy) is 1. The Morgan fingerprint density at radius 2 is 1.57 bits per heavy atom. The van der Waals surface area contributed by atoms with E-state index in [9.17, 15) is 27.2 Å². The van der Waals surface area contributed by atoms with E-state index in [1.807, 2.05) is 0 Å². The van der Waals surface area contributed by atoms with E-state index in [0.29, 0.717) is 0 Å². The van der Waals surface area contributed by atoms with Crippen LogP contribution in [0.1, 0.15) is 26.3 Å². The number of anilines is 2. The minimum absolute atomic E-state index is 0.0559. The van der Waals surface area contributed by atoms with E-state index in [1.165, 1.54) is 32.0 Å². The SMILES string of the molecule is CC(=O)Nc1ccc(NC(=O)C(C)(C)Oc2ccc(F)cc2)c(C(F)(F)F)c1. The van der Waals surface area contributed by atoms with Gasteiger partial charge in [-0.25, -0.2) is 4.39 Å². The maximum Gasteiger partial charge on any atom is 0.418 e. The zero-order valence-electron chi connectivity index (χ0n) is 15.3. The fourth-order valence-electron chi connectivity index (χ4n) is 2.29. The van der Waals surface area contributed by atoms with Crippen molar-refractivity contribution in [2.75, 3.05) is 10.6 Å². The summed E-state index contributed by atoms with van der Waals surface area (Å²) in [4.78, 5) is 23.6. The van der Waals surface area contributed by atoms with Gasteiger partial charge in [-0.2, -0.15) is 13.2 Å². The van der Waals surface area contributed by atoms with E-state index >= 15 is 0 Å². The molecule has 0 aliphatic carbocycles. The zero-order chi connectivity index (χ0) is 21.1. The number of hydrogen-bond donors (Lipinski definition) is 2. The molecular weight excluding hydrogens is 380 g/mol. The summed E-state index contributed by atoms with van der Waals surface area (Å²) in [7, 11) is 0. The minimum Gasteiger partial charge on any atom is -0.478 e. The summed E-state index contributed by atoms with van der Waals surface area (Å²) in [5, 5.41) is 4.46. The Labute approximate surface area is 158 Å². The van der Waals surface area contributed by atoms with Gasteiger partial charge in [-0.1, -0.05) is 0 Å². The summed E-state index contributed by atoms with van der Waals surface area (Å²) in [5.74, 6) is -1.68. The number of carbonyl (C=O) groups is 2. The van der Waals surface area contributed by atoms with Crippen molar-refractivity contribution in [1.29, 1.82) is 0 Å². The van der Waals surface area contributed by atoms with Crippen LogP contribution >= 0.6 is 0 Å². The molecule has 0 radical (unpaired) electrons. The predicted octanol–water partition coefficient (Wildman–Crippen LogP) is 4.60. The van der Waals surface area contributed by atoms with Crippen molar-refractivity contribution in [2.45, 2.75) is 32.5 Å². The first-order chi connectivity index (χ1) is 12.9. The van der Waals surface area contributed by atoms with E-state index in [4.69, 9.17) is 4.74 Å². The number of rotatable bonds is 5. The van der Waals surface area contributed by atoms with Gasteiger partial charge in [0.15, 0.2) is 5.60 Å². The van der Waals surface area contributed by atoms with Gasteiger partial charge in [0, 0.05) is 12.6 Å². The monoisotopic (exact) mass is 398 g/mol. The first-order valence-electron chi connectivity index (χ1n) is 8.13. The van der Waals surface area contributed by atoms with Crippen molar-refractivity contribution in [2.24, 2.45) is 0 Å². The molecule has 5 nitrogen and oxygen atoms in total. The molecule has 0 fully saturated rings. The average Bonchev–Trinajstić information content (AvgIpc) is 2.56. The predicted molar refractivity (Wildman–Crippen MR) is 95.5 cm³/mol. The fraction of sp³-hybridized carbons (Fsp3) is 0.263. The highest BCUT2D eigenvalue weighted by Crippen LogP contribution is 2.37. The molecule has 28 heavy (non-hydrogen) atoms. The van der Waals surface area contributed by atoms with Crippen molar-refractivity contribution in [1.82, 2.24) is 0 Å². The second kappa shape index (κ2) is 7.87. The molecule has 2 aromatic rings. The summed E-state index contributed by atoms with van der Waals surface area (Å²) in [5.41, 5.74) is -3.21. The lowest BCUT2D eigenvalue weighted by Crippen LogP contribution is -2.42. The molecule has 0 spiro atoms. The number of nitrogens with one attached hydrogen (secondary N) is 2. The third-order valence-corrected chi connectivity index (χ3v) is 3.63. The lowest BCUT2D eigenvalue weighted by atomic mass is 10.1. The summed E-state index contributed by atoms with van der Waals surface area (Å²) in [6.07, 6.45) is -4.76. The van der Waals surface area contributed by atoms with Crippen LogP contribution in [0.4, 0.5) is 28.9 Å². The molecule has 0 atom stereocenters. The quantitative estimate of drug-likeness (QED) is 0.724. The molecule has 2 rings (SSSR count). The molecule has 0 saturated heterocycles. The topological polar surface area (TPSA) is 67.4 Å². The Kier molecular flexibility index (Phi) is 5.96. The van der Waals surface area contributed by atoms with Crippen LogP contribution in [0.15, 0.2) is 42.5 Å². The highest BCUT2D eigenvalue weighted by molar-refractivity contribution is 5.98. The molecule has 2 aromatic carbocycles. The molecule has 9 heteroatoms. The van der Waals surface area contributed by atoms with Crippen molar-refractivity contribution >= 4 is 23.2 Å². The molecule has 0 aliphatic rings. The summed E-state index contributed by atoms with van der Waals surface area (Å²) >= 11 is 0. The Hall–Kier alpha value is -3.10. The second-order valence-corrected chi connectivity index (χ2v) is 6.46. The Morgan fingerprint density at radius 1 is 0.964 bits per heavy atom.